The normalized spacial score (nSPS) is 10.2. The summed E-state index contributed by atoms with van der Waals surface area (Å²) < 4.78 is 5.20. The molecule has 0 bridgehead atoms. The lowest BCUT2D eigenvalue weighted by molar-refractivity contribution is -0.144. The third kappa shape index (κ3) is 5.24. The number of rotatable bonds is 7. The fraction of sp³-hybridized carbons (Fsp3) is 0.235. The summed E-state index contributed by atoms with van der Waals surface area (Å²) in [4.78, 5) is 11.6. The van der Waals surface area contributed by atoms with Crippen LogP contribution in [0.3, 0.4) is 0 Å². The van der Waals surface area contributed by atoms with Gasteiger partial charge in [0.1, 0.15) is 6.61 Å². The molecular weight excluding hydrogens is 250 g/mol. The highest BCUT2D eigenvalue weighted by atomic mass is 16.5. The van der Waals surface area contributed by atoms with Crippen molar-refractivity contribution < 1.29 is 9.53 Å². The van der Waals surface area contributed by atoms with Crippen molar-refractivity contribution in [3.05, 3.63) is 71.8 Å². The van der Waals surface area contributed by atoms with Gasteiger partial charge in [0.25, 0.3) is 0 Å². The van der Waals surface area contributed by atoms with Crippen LogP contribution in [0, 0.1) is 0 Å². The molecule has 0 aliphatic heterocycles. The number of hydrogen-bond donors (Lipinski definition) is 1. The van der Waals surface area contributed by atoms with Gasteiger partial charge in [0.05, 0.1) is 6.42 Å². The van der Waals surface area contributed by atoms with E-state index in [9.17, 15) is 4.79 Å². The van der Waals surface area contributed by atoms with Crippen LogP contribution in [0.15, 0.2) is 60.7 Å². The van der Waals surface area contributed by atoms with E-state index in [1.54, 1.807) is 0 Å². The van der Waals surface area contributed by atoms with Crippen molar-refractivity contribution in [1.82, 2.24) is 5.32 Å². The summed E-state index contributed by atoms with van der Waals surface area (Å²) in [7, 11) is 0. The van der Waals surface area contributed by atoms with Crippen LogP contribution in [0.5, 0.6) is 0 Å². The van der Waals surface area contributed by atoms with E-state index >= 15 is 0 Å². The van der Waals surface area contributed by atoms with Crippen molar-refractivity contribution in [2.75, 3.05) is 6.54 Å². The number of hydrogen-bond acceptors (Lipinski definition) is 3. The molecule has 3 nitrogen and oxygen atoms in total. The SMILES string of the molecule is O=C(CCNCc1ccccc1)OCc1ccccc1. The fourth-order valence-electron chi connectivity index (χ4n) is 1.83. The molecule has 0 saturated heterocycles. The lowest BCUT2D eigenvalue weighted by atomic mass is 10.2. The lowest BCUT2D eigenvalue weighted by Crippen LogP contribution is -2.19. The molecule has 2 aromatic carbocycles. The molecule has 0 radical (unpaired) electrons. The summed E-state index contributed by atoms with van der Waals surface area (Å²) in [6, 6.07) is 19.8. The van der Waals surface area contributed by atoms with Crippen molar-refractivity contribution in [2.45, 2.75) is 19.6 Å². The molecule has 3 heteroatoms. The van der Waals surface area contributed by atoms with Crippen LogP contribution < -0.4 is 5.32 Å². The third-order valence-electron chi connectivity index (χ3n) is 2.92. The van der Waals surface area contributed by atoms with Crippen LogP contribution in [0.4, 0.5) is 0 Å². The molecule has 1 N–H and O–H groups in total. The molecule has 0 saturated carbocycles. The van der Waals surface area contributed by atoms with Gasteiger partial charge in [-0.2, -0.15) is 0 Å². The van der Waals surface area contributed by atoms with Crippen LogP contribution in [-0.2, 0) is 22.7 Å². The molecule has 0 aliphatic rings. The maximum atomic E-state index is 11.6. The molecule has 104 valence electrons. The van der Waals surface area contributed by atoms with E-state index < -0.39 is 0 Å². The predicted octanol–water partition coefficient (Wildman–Crippen LogP) is 2.91. The van der Waals surface area contributed by atoms with Gasteiger partial charge in [-0.3, -0.25) is 4.79 Å². The Morgan fingerprint density at radius 1 is 0.900 bits per heavy atom. The van der Waals surface area contributed by atoms with Gasteiger partial charge in [0.15, 0.2) is 0 Å². The summed E-state index contributed by atoms with van der Waals surface area (Å²) in [5.74, 6) is -0.172. The van der Waals surface area contributed by atoms with E-state index in [1.165, 1.54) is 5.56 Å². The largest absolute Gasteiger partial charge is 0.461 e. The molecule has 2 rings (SSSR count). The van der Waals surface area contributed by atoms with E-state index in [2.05, 4.69) is 17.4 Å². The van der Waals surface area contributed by atoms with Gasteiger partial charge < -0.3 is 10.1 Å². The van der Waals surface area contributed by atoms with E-state index in [0.717, 1.165) is 12.1 Å². The standard InChI is InChI=1S/C17H19NO2/c19-17(20-14-16-9-5-2-6-10-16)11-12-18-13-15-7-3-1-4-8-15/h1-10,18H,11-14H2. The van der Waals surface area contributed by atoms with Crippen molar-refractivity contribution >= 4 is 5.97 Å². The Bertz CT molecular complexity index is 511. The zero-order valence-electron chi connectivity index (χ0n) is 11.4. The maximum absolute atomic E-state index is 11.6. The minimum Gasteiger partial charge on any atom is -0.461 e. The highest BCUT2D eigenvalue weighted by Gasteiger charge is 2.02. The second kappa shape index (κ2) is 8.12. The van der Waals surface area contributed by atoms with Crippen molar-refractivity contribution in [3.8, 4) is 0 Å². The summed E-state index contributed by atoms with van der Waals surface area (Å²) in [6.07, 6.45) is 0.389. The number of ether oxygens (including phenoxy) is 1. The quantitative estimate of drug-likeness (QED) is 0.620. The number of carbonyl (C=O) groups is 1. The monoisotopic (exact) mass is 269 g/mol. The van der Waals surface area contributed by atoms with Crippen LogP contribution >= 0.6 is 0 Å². The second-order valence-electron chi connectivity index (χ2n) is 4.56. The Morgan fingerprint density at radius 3 is 2.15 bits per heavy atom. The maximum Gasteiger partial charge on any atom is 0.307 e. The van der Waals surface area contributed by atoms with Gasteiger partial charge in [-0.15, -0.1) is 0 Å². The van der Waals surface area contributed by atoms with Gasteiger partial charge in [-0.1, -0.05) is 60.7 Å². The number of nitrogens with one attached hydrogen (secondary N) is 1. The molecule has 0 amide bonds. The van der Waals surface area contributed by atoms with Gasteiger partial charge >= 0.3 is 5.97 Å². The van der Waals surface area contributed by atoms with Crippen LogP contribution in [0.1, 0.15) is 17.5 Å². The summed E-state index contributed by atoms with van der Waals surface area (Å²) >= 11 is 0. The van der Waals surface area contributed by atoms with Crippen LogP contribution in [-0.4, -0.2) is 12.5 Å². The fourth-order valence-corrected chi connectivity index (χ4v) is 1.83. The highest BCUT2D eigenvalue weighted by molar-refractivity contribution is 5.69. The van der Waals surface area contributed by atoms with E-state index in [0.29, 0.717) is 19.6 Å². The van der Waals surface area contributed by atoms with E-state index in [-0.39, 0.29) is 5.97 Å². The van der Waals surface area contributed by atoms with Gasteiger partial charge in [-0.05, 0) is 11.1 Å². The first kappa shape index (κ1) is 14.3. The first-order valence-corrected chi connectivity index (χ1v) is 6.79. The van der Waals surface area contributed by atoms with Gasteiger partial charge in [0, 0.05) is 13.1 Å². The topological polar surface area (TPSA) is 38.3 Å². The Labute approximate surface area is 119 Å². The molecule has 0 aliphatic carbocycles. The first-order valence-electron chi connectivity index (χ1n) is 6.79. The Hall–Kier alpha value is -2.13. The summed E-state index contributed by atoms with van der Waals surface area (Å²) in [6.45, 7) is 1.74. The zero-order chi connectivity index (χ0) is 14.0. The average Bonchev–Trinajstić information content (AvgIpc) is 2.52. The third-order valence-corrected chi connectivity index (χ3v) is 2.92. The van der Waals surface area contributed by atoms with Crippen molar-refractivity contribution in [1.29, 1.82) is 0 Å². The van der Waals surface area contributed by atoms with Gasteiger partial charge in [-0.25, -0.2) is 0 Å². The molecule has 0 fully saturated rings. The number of benzene rings is 2. The molecular formula is C17H19NO2. The Kier molecular flexibility index (Phi) is 5.80. The molecule has 0 aromatic heterocycles. The molecule has 0 unspecified atom stereocenters. The number of carbonyl (C=O) groups excluding carboxylic acids is 1. The van der Waals surface area contributed by atoms with Gasteiger partial charge in [0.2, 0.25) is 0 Å². The summed E-state index contributed by atoms with van der Waals surface area (Å²) in [5.41, 5.74) is 2.23. The highest BCUT2D eigenvalue weighted by Crippen LogP contribution is 2.01. The first-order chi connectivity index (χ1) is 9.84. The molecule has 20 heavy (non-hydrogen) atoms. The Morgan fingerprint density at radius 2 is 1.50 bits per heavy atom. The van der Waals surface area contributed by atoms with Crippen LogP contribution in [0.2, 0.25) is 0 Å². The molecule has 0 spiro atoms. The van der Waals surface area contributed by atoms with Crippen LogP contribution in [0.25, 0.3) is 0 Å². The predicted molar refractivity (Wildman–Crippen MR) is 79.0 cm³/mol. The van der Waals surface area contributed by atoms with E-state index in [1.807, 2.05) is 48.5 Å². The lowest BCUT2D eigenvalue weighted by Gasteiger charge is -2.06. The second-order valence-corrected chi connectivity index (χ2v) is 4.56. The van der Waals surface area contributed by atoms with E-state index in [4.69, 9.17) is 4.74 Å². The molecule has 2 aromatic rings. The summed E-state index contributed by atoms with van der Waals surface area (Å²) in [5, 5.41) is 3.23. The zero-order valence-corrected chi connectivity index (χ0v) is 11.4. The average molecular weight is 269 g/mol. The number of esters is 1. The minimum absolute atomic E-state index is 0.172. The van der Waals surface area contributed by atoms with Crippen molar-refractivity contribution in [2.24, 2.45) is 0 Å². The smallest absolute Gasteiger partial charge is 0.307 e. The van der Waals surface area contributed by atoms with Crippen molar-refractivity contribution in [3.63, 3.8) is 0 Å². The molecule has 0 atom stereocenters. The molecule has 0 heterocycles. The Balaban J connectivity index is 1.59. The minimum atomic E-state index is -0.172.